The highest BCUT2D eigenvalue weighted by molar-refractivity contribution is 5.91. The predicted octanol–water partition coefficient (Wildman–Crippen LogP) is 4.06. The fraction of sp³-hybridized carbons (Fsp3) is 0.176. The van der Waals surface area contributed by atoms with Crippen molar-refractivity contribution < 1.29 is 9.47 Å². The smallest absolute Gasteiger partial charge is 0.171 e. The summed E-state index contributed by atoms with van der Waals surface area (Å²) in [5.41, 5.74) is 3.35. The van der Waals surface area contributed by atoms with Crippen LogP contribution >= 0.6 is 0 Å². The first-order valence-electron chi connectivity index (χ1n) is 6.61. The highest BCUT2D eigenvalue weighted by Gasteiger charge is 2.13. The Morgan fingerprint density at radius 3 is 2.60 bits per heavy atom. The van der Waals surface area contributed by atoms with Crippen LogP contribution in [0.4, 0.5) is 0 Å². The molecule has 0 aliphatic carbocycles. The van der Waals surface area contributed by atoms with Crippen LogP contribution in [0, 0.1) is 6.92 Å². The first-order valence-corrected chi connectivity index (χ1v) is 6.61. The number of fused-ring (bicyclic) bond motifs is 1. The molecule has 1 aromatic heterocycles. The van der Waals surface area contributed by atoms with E-state index >= 15 is 0 Å². The van der Waals surface area contributed by atoms with Crippen LogP contribution in [-0.2, 0) is 6.61 Å². The third kappa shape index (κ3) is 2.23. The van der Waals surface area contributed by atoms with Gasteiger partial charge in [0, 0.05) is 17.1 Å². The lowest BCUT2D eigenvalue weighted by Crippen LogP contribution is -1.98. The van der Waals surface area contributed by atoms with E-state index in [9.17, 15) is 0 Å². The molecule has 3 aromatic rings. The average Bonchev–Trinajstić information content (AvgIpc) is 2.87. The van der Waals surface area contributed by atoms with Gasteiger partial charge in [0.05, 0.1) is 7.11 Å². The molecule has 0 radical (unpaired) electrons. The Hall–Kier alpha value is -2.42. The molecule has 0 aliphatic rings. The Morgan fingerprint density at radius 2 is 1.85 bits per heavy atom. The van der Waals surface area contributed by atoms with Gasteiger partial charge in [-0.3, -0.25) is 0 Å². The van der Waals surface area contributed by atoms with Crippen LogP contribution in [0.25, 0.3) is 10.9 Å². The monoisotopic (exact) mass is 267 g/mol. The molecule has 3 rings (SSSR count). The molecule has 1 N–H and O–H groups in total. The van der Waals surface area contributed by atoms with E-state index in [2.05, 4.69) is 24.0 Å². The lowest BCUT2D eigenvalue weighted by molar-refractivity contribution is 0.288. The number of aryl methyl sites for hydroxylation is 1. The molecule has 1 heterocycles. The van der Waals surface area contributed by atoms with Gasteiger partial charge >= 0.3 is 0 Å². The van der Waals surface area contributed by atoms with Crippen molar-refractivity contribution >= 4 is 10.9 Å². The van der Waals surface area contributed by atoms with Gasteiger partial charge in [-0.2, -0.15) is 0 Å². The van der Waals surface area contributed by atoms with E-state index in [4.69, 9.17) is 9.47 Å². The summed E-state index contributed by atoms with van der Waals surface area (Å²) >= 11 is 0. The standard InChI is InChI=1S/C17H17NO2/c1-12-10-18-14-8-9-15(19-2)17(16(12)14)20-11-13-6-4-3-5-7-13/h3-10,18H,11H2,1-2H3. The van der Waals surface area contributed by atoms with Gasteiger partial charge in [0.15, 0.2) is 11.5 Å². The molecule has 0 saturated heterocycles. The second kappa shape index (κ2) is 5.29. The SMILES string of the molecule is COc1ccc2[nH]cc(C)c2c1OCc1ccccc1. The minimum atomic E-state index is 0.529. The number of benzene rings is 2. The zero-order chi connectivity index (χ0) is 13.9. The number of methoxy groups -OCH3 is 1. The second-order valence-electron chi connectivity index (χ2n) is 4.77. The van der Waals surface area contributed by atoms with Crippen LogP contribution in [0.3, 0.4) is 0 Å². The summed E-state index contributed by atoms with van der Waals surface area (Å²) in [6.45, 7) is 2.59. The summed E-state index contributed by atoms with van der Waals surface area (Å²) in [5, 5.41) is 1.08. The Labute approximate surface area is 118 Å². The number of aromatic nitrogens is 1. The summed E-state index contributed by atoms with van der Waals surface area (Å²) < 4.78 is 11.4. The van der Waals surface area contributed by atoms with Crippen molar-refractivity contribution in [3.8, 4) is 11.5 Å². The first kappa shape index (κ1) is 12.6. The van der Waals surface area contributed by atoms with E-state index in [-0.39, 0.29) is 0 Å². The van der Waals surface area contributed by atoms with Crippen molar-refractivity contribution in [3.05, 3.63) is 59.8 Å². The van der Waals surface area contributed by atoms with E-state index in [1.807, 2.05) is 36.5 Å². The molecule has 0 aliphatic heterocycles. The highest BCUT2D eigenvalue weighted by atomic mass is 16.5. The van der Waals surface area contributed by atoms with Gasteiger partial charge in [-0.1, -0.05) is 30.3 Å². The van der Waals surface area contributed by atoms with Crippen LogP contribution in [-0.4, -0.2) is 12.1 Å². The van der Waals surface area contributed by atoms with Gasteiger partial charge < -0.3 is 14.5 Å². The molecule has 0 fully saturated rings. The highest BCUT2D eigenvalue weighted by Crippen LogP contribution is 2.37. The molecule has 0 bridgehead atoms. The van der Waals surface area contributed by atoms with Gasteiger partial charge in [0.25, 0.3) is 0 Å². The van der Waals surface area contributed by atoms with Gasteiger partial charge in [-0.05, 0) is 30.2 Å². The molecule has 0 amide bonds. The van der Waals surface area contributed by atoms with E-state index in [0.29, 0.717) is 6.61 Å². The van der Waals surface area contributed by atoms with Crippen LogP contribution in [0.15, 0.2) is 48.7 Å². The summed E-state index contributed by atoms with van der Waals surface area (Å²) in [6, 6.07) is 14.1. The Kier molecular flexibility index (Phi) is 3.33. The van der Waals surface area contributed by atoms with Crippen LogP contribution in [0.1, 0.15) is 11.1 Å². The van der Waals surface area contributed by atoms with Crippen LogP contribution in [0.5, 0.6) is 11.5 Å². The molecule has 3 nitrogen and oxygen atoms in total. The largest absolute Gasteiger partial charge is 0.493 e. The molecule has 102 valence electrons. The molecule has 20 heavy (non-hydrogen) atoms. The molecule has 2 aromatic carbocycles. The summed E-state index contributed by atoms with van der Waals surface area (Å²) in [5.74, 6) is 1.56. The van der Waals surface area contributed by atoms with Crippen molar-refractivity contribution in [2.45, 2.75) is 13.5 Å². The van der Waals surface area contributed by atoms with E-state index in [1.54, 1.807) is 7.11 Å². The minimum absolute atomic E-state index is 0.529. The van der Waals surface area contributed by atoms with Gasteiger partial charge in [0.2, 0.25) is 0 Å². The maximum absolute atomic E-state index is 6.02. The molecular formula is C17H17NO2. The molecule has 3 heteroatoms. The van der Waals surface area contributed by atoms with Crippen LogP contribution in [0.2, 0.25) is 0 Å². The lowest BCUT2D eigenvalue weighted by atomic mass is 10.1. The molecule has 0 spiro atoms. The zero-order valence-corrected chi connectivity index (χ0v) is 11.6. The lowest BCUT2D eigenvalue weighted by Gasteiger charge is -2.12. The third-order valence-corrected chi connectivity index (χ3v) is 3.41. The van der Waals surface area contributed by atoms with Gasteiger partial charge in [-0.15, -0.1) is 0 Å². The van der Waals surface area contributed by atoms with Crippen molar-refractivity contribution in [1.82, 2.24) is 4.98 Å². The number of nitrogens with one attached hydrogen (secondary N) is 1. The predicted molar refractivity (Wildman–Crippen MR) is 80.4 cm³/mol. The fourth-order valence-electron chi connectivity index (χ4n) is 2.37. The van der Waals surface area contributed by atoms with Gasteiger partial charge in [-0.25, -0.2) is 0 Å². The van der Waals surface area contributed by atoms with Crippen molar-refractivity contribution in [2.75, 3.05) is 7.11 Å². The number of hydrogen-bond donors (Lipinski definition) is 1. The van der Waals surface area contributed by atoms with Gasteiger partial charge in [0.1, 0.15) is 6.61 Å². The average molecular weight is 267 g/mol. The zero-order valence-electron chi connectivity index (χ0n) is 11.6. The first-order chi connectivity index (χ1) is 9.79. The third-order valence-electron chi connectivity index (χ3n) is 3.41. The topological polar surface area (TPSA) is 34.2 Å². The summed E-state index contributed by atoms with van der Waals surface area (Å²) in [7, 11) is 1.67. The molecule has 0 atom stereocenters. The normalized spacial score (nSPS) is 10.7. The number of H-pyrrole nitrogens is 1. The van der Waals surface area contributed by atoms with E-state index in [1.165, 1.54) is 0 Å². The summed E-state index contributed by atoms with van der Waals surface area (Å²) in [4.78, 5) is 3.24. The summed E-state index contributed by atoms with van der Waals surface area (Å²) in [6.07, 6.45) is 1.99. The maximum Gasteiger partial charge on any atom is 0.171 e. The number of aromatic amines is 1. The molecule has 0 unspecified atom stereocenters. The second-order valence-corrected chi connectivity index (χ2v) is 4.77. The molecule has 0 saturated carbocycles. The Balaban J connectivity index is 1.98. The van der Waals surface area contributed by atoms with Crippen molar-refractivity contribution in [2.24, 2.45) is 0 Å². The Morgan fingerprint density at radius 1 is 1.05 bits per heavy atom. The van der Waals surface area contributed by atoms with E-state index in [0.717, 1.165) is 33.5 Å². The quantitative estimate of drug-likeness (QED) is 0.773. The van der Waals surface area contributed by atoms with Crippen molar-refractivity contribution in [3.63, 3.8) is 0 Å². The minimum Gasteiger partial charge on any atom is -0.493 e. The number of ether oxygens (including phenoxy) is 2. The van der Waals surface area contributed by atoms with Crippen molar-refractivity contribution in [1.29, 1.82) is 0 Å². The number of rotatable bonds is 4. The molecular weight excluding hydrogens is 250 g/mol. The van der Waals surface area contributed by atoms with Crippen LogP contribution < -0.4 is 9.47 Å². The fourth-order valence-corrected chi connectivity index (χ4v) is 2.37. The Bertz CT molecular complexity index is 716. The maximum atomic E-state index is 6.02. The van der Waals surface area contributed by atoms with E-state index < -0.39 is 0 Å². The number of hydrogen-bond acceptors (Lipinski definition) is 2.